The normalized spacial score (nSPS) is 13.5. The highest BCUT2D eigenvalue weighted by atomic mass is 32.2. The van der Waals surface area contributed by atoms with Crippen LogP contribution in [-0.4, -0.2) is 77.8 Å². The highest BCUT2D eigenvalue weighted by molar-refractivity contribution is 7.92. The molecule has 2 amide bonds. The quantitative estimate of drug-likeness (QED) is 0.207. The number of amides is 2. The van der Waals surface area contributed by atoms with Crippen LogP contribution in [0.5, 0.6) is 0 Å². The van der Waals surface area contributed by atoms with E-state index in [1.807, 2.05) is 30.3 Å². The molecule has 1 aromatic heterocycles. The number of hydrogen-bond donors (Lipinski definition) is 1. The van der Waals surface area contributed by atoms with Crippen LogP contribution in [0, 0.1) is 5.82 Å². The average molecular weight is 673 g/mol. The van der Waals surface area contributed by atoms with Crippen molar-refractivity contribution in [2.75, 3.05) is 61.9 Å². The molecule has 1 fully saturated rings. The third-order valence-electron chi connectivity index (χ3n) is 8.43. The lowest BCUT2D eigenvalue weighted by atomic mass is 9.97. The zero-order valence-electron chi connectivity index (χ0n) is 26.4. The van der Waals surface area contributed by atoms with E-state index in [1.54, 1.807) is 35.2 Å². The Kier molecular flexibility index (Phi) is 9.18. The van der Waals surface area contributed by atoms with Gasteiger partial charge in [0.1, 0.15) is 23.8 Å². The highest BCUT2D eigenvalue weighted by Crippen LogP contribution is 2.42. The molecule has 1 aliphatic rings. The number of rotatable bonds is 9. The second-order valence-electron chi connectivity index (χ2n) is 11.5. The van der Waals surface area contributed by atoms with E-state index in [4.69, 9.17) is 4.42 Å². The molecule has 6 rings (SSSR count). The van der Waals surface area contributed by atoms with Crippen molar-refractivity contribution in [3.05, 3.63) is 108 Å². The molecule has 5 aromatic rings. The van der Waals surface area contributed by atoms with Gasteiger partial charge < -0.3 is 19.5 Å². The molecule has 0 atom stereocenters. The molecule has 1 saturated heterocycles. The smallest absolute Gasteiger partial charge is 0.255 e. The van der Waals surface area contributed by atoms with Crippen molar-refractivity contribution in [3.63, 3.8) is 0 Å². The molecule has 248 valence electrons. The summed E-state index contributed by atoms with van der Waals surface area (Å²) in [6, 6.07) is 25.3. The number of benzene rings is 4. The molecule has 2 heterocycles. The van der Waals surface area contributed by atoms with Crippen molar-refractivity contribution >= 4 is 44.2 Å². The summed E-state index contributed by atoms with van der Waals surface area (Å²) in [6.07, 6.45) is 0.980. The zero-order chi connectivity index (χ0) is 34.0. The van der Waals surface area contributed by atoms with Crippen LogP contribution in [-0.2, 0) is 10.0 Å². The lowest BCUT2D eigenvalue weighted by Crippen LogP contribution is -2.48. The van der Waals surface area contributed by atoms with Crippen LogP contribution in [0.2, 0.25) is 0 Å². The van der Waals surface area contributed by atoms with Crippen LogP contribution in [0.25, 0.3) is 33.4 Å². The molecule has 48 heavy (non-hydrogen) atoms. The predicted octanol–water partition coefficient (Wildman–Crippen LogP) is 5.96. The lowest BCUT2D eigenvalue weighted by Gasteiger charge is -2.36. The number of piperazine rings is 1. The Bertz CT molecular complexity index is 2080. The van der Waals surface area contributed by atoms with E-state index in [-0.39, 0.29) is 28.5 Å². The molecular weight excluding hydrogens is 638 g/mol. The summed E-state index contributed by atoms with van der Waals surface area (Å²) in [4.78, 5) is 31.0. The maximum absolute atomic E-state index is 13.8. The van der Waals surface area contributed by atoms with E-state index >= 15 is 0 Å². The Hall–Kier alpha value is -5.23. The van der Waals surface area contributed by atoms with Crippen molar-refractivity contribution in [1.82, 2.24) is 10.2 Å². The first-order valence-corrected chi connectivity index (χ1v) is 17.3. The van der Waals surface area contributed by atoms with E-state index in [2.05, 4.69) is 10.2 Å². The van der Waals surface area contributed by atoms with Gasteiger partial charge in [0, 0.05) is 67.1 Å². The Balaban J connectivity index is 1.45. The summed E-state index contributed by atoms with van der Waals surface area (Å²) in [5.74, 6) is -0.969. The molecular formula is C36H34F2N4O5S. The summed E-state index contributed by atoms with van der Waals surface area (Å²) in [6.45, 7) is 0.953. The Morgan fingerprint density at radius 2 is 1.60 bits per heavy atom. The summed E-state index contributed by atoms with van der Waals surface area (Å²) in [7, 11) is -2.52. The molecule has 1 N–H and O–H groups in total. The van der Waals surface area contributed by atoms with Crippen LogP contribution < -0.4 is 14.5 Å². The maximum Gasteiger partial charge on any atom is 0.255 e. The standard InChI is InChI=1S/C36H34F2N4O5S/c1-39-35(43)33-30-22-29(25-7-6-8-26(21-25)36(44)41-19-17-40(18-20-41)28-9-4-3-5-10-28)31(42(16-15-37)48(2,45)46)23-32(30)47-34(33)24-11-13-27(38)14-12-24/h3-14,21-23H,15-20H2,1-2H3,(H,39,43). The van der Waals surface area contributed by atoms with Gasteiger partial charge in [-0.05, 0) is 60.2 Å². The third kappa shape index (κ3) is 6.48. The third-order valence-corrected chi connectivity index (χ3v) is 9.61. The Morgan fingerprint density at radius 1 is 0.896 bits per heavy atom. The number of alkyl halides is 1. The summed E-state index contributed by atoms with van der Waals surface area (Å²) >= 11 is 0. The van der Waals surface area contributed by atoms with Crippen molar-refractivity contribution in [1.29, 1.82) is 0 Å². The van der Waals surface area contributed by atoms with E-state index < -0.39 is 35.0 Å². The molecule has 4 aromatic carbocycles. The number of fused-ring (bicyclic) bond motifs is 1. The maximum atomic E-state index is 13.8. The summed E-state index contributed by atoms with van der Waals surface area (Å²) in [5, 5.41) is 2.97. The number of hydrogen-bond acceptors (Lipinski definition) is 6. The van der Waals surface area contributed by atoms with Crippen LogP contribution in [0.1, 0.15) is 20.7 Å². The molecule has 1 aliphatic heterocycles. The van der Waals surface area contributed by atoms with E-state index in [0.29, 0.717) is 53.8 Å². The van der Waals surface area contributed by atoms with Crippen LogP contribution in [0.4, 0.5) is 20.2 Å². The Labute approximate surface area is 277 Å². The molecule has 9 nitrogen and oxygen atoms in total. The van der Waals surface area contributed by atoms with Gasteiger partial charge in [0.05, 0.1) is 24.1 Å². The van der Waals surface area contributed by atoms with Crippen LogP contribution in [0.3, 0.4) is 0 Å². The molecule has 0 spiro atoms. The average Bonchev–Trinajstić information content (AvgIpc) is 3.48. The predicted molar refractivity (Wildman–Crippen MR) is 183 cm³/mol. The molecule has 12 heteroatoms. The number of halogens is 2. The first-order valence-electron chi connectivity index (χ1n) is 15.4. The molecule has 0 radical (unpaired) electrons. The SMILES string of the molecule is CNC(=O)c1c(-c2ccc(F)cc2)oc2cc(N(CCF)S(C)(=O)=O)c(-c3cccc(C(=O)N4CCN(c5ccccc5)CC4)c3)cc12. The van der Waals surface area contributed by atoms with Crippen molar-refractivity contribution in [2.45, 2.75) is 0 Å². The minimum atomic E-state index is -3.98. The number of furan rings is 1. The summed E-state index contributed by atoms with van der Waals surface area (Å²) < 4.78 is 60.7. The topological polar surface area (TPSA) is 103 Å². The fraction of sp³-hybridized carbons (Fsp3) is 0.222. The molecule has 0 unspecified atom stereocenters. The number of nitrogens with zero attached hydrogens (tertiary/aromatic N) is 3. The zero-order valence-corrected chi connectivity index (χ0v) is 27.3. The largest absolute Gasteiger partial charge is 0.455 e. The Morgan fingerprint density at radius 3 is 2.25 bits per heavy atom. The minimum Gasteiger partial charge on any atom is -0.455 e. The lowest BCUT2D eigenvalue weighted by molar-refractivity contribution is 0.0746. The van der Waals surface area contributed by atoms with E-state index in [1.165, 1.54) is 37.4 Å². The number of anilines is 2. The van der Waals surface area contributed by atoms with Gasteiger partial charge >= 0.3 is 0 Å². The van der Waals surface area contributed by atoms with Crippen molar-refractivity contribution in [3.8, 4) is 22.5 Å². The summed E-state index contributed by atoms with van der Waals surface area (Å²) in [5.41, 5.74) is 3.20. The van der Waals surface area contributed by atoms with E-state index in [0.717, 1.165) is 16.2 Å². The number of nitrogens with one attached hydrogen (secondary N) is 1. The molecule has 0 bridgehead atoms. The van der Waals surface area contributed by atoms with Crippen molar-refractivity contribution < 1.29 is 31.2 Å². The van der Waals surface area contributed by atoms with Gasteiger partial charge in [-0.15, -0.1) is 0 Å². The van der Waals surface area contributed by atoms with Gasteiger partial charge in [-0.2, -0.15) is 0 Å². The minimum absolute atomic E-state index is 0.117. The van der Waals surface area contributed by atoms with Crippen molar-refractivity contribution in [2.24, 2.45) is 0 Å². The number of carbonyl (C=O) groups is 2. The van der Waals surface area contributed by atoms with Gasteiger partial charge in [0.15, 0.2) is 0 Å². The first-order chi connectivity index (χ1) is 23.1. The van der Waals surface area contributed by atoms with Gasteiger partial charge in [0.25, 0.3) is 11.8 Å². The number of para-hydroxylation sites is 1. The number of carbonyl (C=O) groups excluding carboxylic acids is 2. The molecule has 0 saturated carbocycles. The van der Waals surface area contributed by atoms with Gasteiger partial charge in [-0.1, -0.05) is 30.3 Å². The second-order valence-corrected chi connectivity index (χ2v) is 13.4. The monoisotopic (exact) mass is 672 g/mol. The fourth-order valence-electron chi connectivity index (χ4n) is 6.08. The first kappa shape index (κ1) is 32.7. The van der Waals surface area contributed by atoms with Crippen LogP contribution >= 0.6 is 0 Å². The van der Waals surface area contributed by atoms with Crippen LogP contribution in [0.15, 0.2) is 95.4 Å². The van der Waals surface area contributed by atoms with E-state index in [9.17, 15) is 26.8 Å². The van der Waals surface area contributed by atoms with Gasteiger partial charge in [0.2, 0.25) is 10.0 Å². The molecule has 0 aliphatic carbocycles. The van der Waals surface area contributed by atoms with Gasteiger partial charge in [-0.25, -0.2) is 17.2 Å². The highest BCUT2D eigenvalue weighted by Gasteiger charge is 2.28. The van der Waals surface area contributed by atoms with Gasteiger partial charge in [-0.3, -0.25) is 13.9 Å². The number of sulfonamides is 1. The second kappa shape index (κ2) is 13.5. The fourth-order valence-corrected chi connectivity index (χ4v) is 6.98.